The molecule has 644 valence electrons. The molecule has 0 unspecified atom stereocenters. The van der Waals surface area contributed by atoms with Gasteiger partial charge in [0.1, 0.15) is 52.4 Å². The normalized spacial score (nSPS) is 13.0. The maximum atomic E-state index is 9.87. The van der Waals surface area contributed by atoms with E-state index in [0.717, 1.165) is 72.0 Å². The molecule has 10 heterocycles. The molecule has 0 aliphatic carbocycles. The minimum absolute atomic E-state index is 0. The van der Waals surface area contributed by atoms with Gasteiger partial charge >= 0.3 is 221 Å². The molecule has 18 nitrogen and oxygen atoms in total. The second-order valence-corrected chi connectivity index (χ2v) is 28.7. The zero-order chi connectivity index (χ0) is 82.5. The van der Waals surface area contributed by atoms with Gasteiger partial charge in [0.15, 0.2) is 0 Å². The maximum Gasteiger partial charge on any atom is 1.00 e. The molecule has 10 rings (SSSR count). The van der Waals surface area contributed by atoms with Crippen LogP contribution in [0.25, 0.3) is 0 Å². The van der Waals surface area contributed by atoms with Crippen LogP contribution in [0.3, 0.4) is 0 Å². The number of ether oxygens (including phenoxy) is 2. The molecule has 10 aromatic heterocycles. The number of nitrogens with zero attached hydrogens (tertiary/aromatic N) is 16. The quantitative estimate of drug-likeness (QED) is 0.0234. The Morgan fingerprint density at radius 2 is 0.473 bits per heavy atom. The molecule has 0 aliphatic heterocycles. The van der Waals surface area contributed by atoms with E-state index < -0.39 is 31.2 Å². The van der Waals surface area contributed by atoms with E-state index in [1.54, 1.807) is 12.1 Å². The number of pyridine rings is 6. The summed E-state index contributed by atoms with van der Waals surface area (Å²) in [6.45, 7) is 19.6. The van der Waals surface area contributed by atoms with Crippen LogP contribution in [0.2, 0.25) is 0 Å². The van der Waals surface area contributed by atoms with Gasteiger partial charge in [-0.05, 0) is 150 Å². The van der Waals surface area contributed by atoms with Crippen LogP contribution in [0.5, 0.6) is 0 Å². The van der Waals surface area contributed by atoms with E-state index >= 15 is 0 Å². The Kier molecular flexibility index (Phi) is 45.2. The molecule has 0 atom stereocenters. The van der Waals surface area contributed by atoms with Crippen molar-refractivity contribution >= 4 is 31.2 Å². The SMILES string of the molecule is CC#N.CC#N.CCOCC.CCOCC.F[P-](F)(F)(F)(F)F.F[P-](F)(F)(F)(F)F.F[P-](F)(F)(F)(F)F.F[P-](F)(F)(F)(F)F.[Ag+].[Ag+].[Ag+].[Ag+].[c-]1n(Cc2cccc(Cn3[c-][n+](Cc4ccccn4)cc3)n2)cc[n+]1Cc1ccccn1.[c-]1n(Cc2cccc(Cn3[c-][n+](Cc4ccccn4)cc3)n2)cc[n+]1Cc1ccccn1. The minimum atomic E-state index is -10.7. The summed E-state index contributed by atoms with van der Waals surface area (Å²) in [5.74, 6) is 0. The fourth-order valence-electron chi connectivity index (χ4n) is 7.46. The van der Waals surface area contributed by atoms with Crippen molar-refractivity contribution in [3.8, 4) is 12.1 Å². The van der Waals surface area contributed by atoms with Gasteiger partial charge in [-0.25, -0.2) is 9.97 Å². The van der Waals surface area contributed by atoms with Gasteiger partial charge in [-0.2, -0.15) is 10.5 Å². The molecular weight excluding hydrogens is 2010 g/mol. The molecule has 0 bridgehead atoms. The topological polar surface area (TPSA) is 179 Å². The first-order valence-corrected chi connectivity index (χ1v) is 38.6. The number of rotatable bonds is 20. The van der Waals surface area contributed by atoms with E-state index in [-0.39, 0.29) is 89.5 Å². The van der Waals surface area contributed by atoms with Crippen molar-refractivity contribution in [3.05, 3.63) is 254 Å². The van der Waals surface area contributed by atoms with Gasteiger partial charge < -0.3 is 46.0 Å². The van der Waals surface area contributed by atoms with E-state index in [0.29, 0.717) is 52.4 Å². The van der Waals surface area contributed by atoms with Crippen LogP contribution in [0.15, 0.2) is 184 Å². The van der Waals surface area contributed by atoms with Crippen LogP contribution < -0.4 is 18.3 Å². The van der Waals surface area contributed by atoms with Gasteiger partial charge in [0.25, 0.3) is 0 Å². The van der Waals surface area contributed by atoms with E-state index in [1.807, 2.05) is 236 Å². The summed E-state index contributed by atoms with van der Waals surface area (Å²) in [5.41, 5.74) is 8.01. The molecule has 0 radical (unpaired) electrons. The van der Waals surface area contributed by atoms with Crippen LogP contribution in [-0.2, 0) is 151 Å². The van der Waals surface area contributed by atoms with Crippen LogP contribution in [-0.4, -0.2) is 74.6 Å². The van der Waals surface area contributed by atoms with Crippen molar-refractivity contribution in [2.75, 3.05) is 26.4 Å². The largest absolute Gasteiger partial charge is 1.00 e. The second-order valence-electron chi connectivity index (χ2n) is 21.0. The first-order valence-electron chi connectivity index (χ1n) is 30.5. The van der Waals surface area contributed by atoms with Gasteiger partial charge in [-0.3, -0.25) is 19.9 Å². The van der Waals surface area contributed by atoms with Crippen molar-refractivity contribution < 1.29 is 218 Å². The van der Waals surface area contributed by atoms with Crippen LogP contribution >= 0.6 is 31.2 Å². The molecule has 50 heteroatoms. The summed E-state index contributed by atoms with van der Waals surface area (Å²) < 4.78 is 262. The molecule has 0 aromatic carbocycles. The zero-order valence-corrected chi connectivity index (χ0v) is 68.4. The zero-order valence-electron chi connectivity index (χ0n) is 58.8. The number of aromatic nitrogens is 14. The molecule has 0 aliphatic rings. The molecule has 10 aromatic rings. The molecule has 0 amide bonds. The van der Waals surface area contributed by atoms with Crippen molar-refractivity contribution in [2.24, 2.45) is 0 Å². The summed E-state index contributed by atoms with van der Waals surface area (Å²) >= 11 is 0. The number of hydrogen-bond acceptors (Lipinski definition) is 10. The first kappa shape index (κ1) is 112. The third-order valence-electron chi connectivity index (χ3n) is 10.8. The van der Waals surface area contributed by atoms with Gasteiger partial charge in [0, 0.05) is 65.1 Å². The Morgan fingerprint density at radius 3 is 0.607 bits per heavy atom. The Bertz CT molecular complexity index is 3780. The molecule has 0 saturated carbocycles. The minimum Gasteiger partial charge on any atom is -0.346 e. The average Bonchev–Trinajstić information content (AvgIpc) is 1.13. The summed E-state index contributed by atoms with van der Waals surface area (Å²) in [4.78, 5) is 27.1. The van der Waals surface area contributed by atoms with Crippen molar-refractivity contribution in [1.82, 2.24) is 48.2 Å². The Hall–Kier alpha value is -6.36. The maximum absolute atomic E-state index is 10.7. The summed E-state index contributed by atoms with van der Waals surface area (Å²) in [6.07, 6.45) is 36.7. The monoisotopic (exact) mass is 2080 g/mol. The van der Waals surface area contributed by atoms with Gasteiger partial charge in [-0.1, -0.05) is 36.4 Å². The van der Waals surface area contributed by atoms with Gasteiger partial charge in [0.2, 0.25) is 25.3 Å². The van der Waals surface area contributed by atoms with E-state index in [9.17, 15) is 101 Å². The third-order valence-corrected chi connectivity index (χ3v) is 10.8. The fraction of sp³-hybridized carbons (Fsp3) is 0.290. The van der Waals surface area contributed by atoms with Crippen molar-refractivity contribution in [1.29, 1.82) is 10.5 Å². The average molecular weight is 2080 g/mol. The van der Waals surface area contributed by atoms with Gasteiger partial charge in [0.05, 0.1) is 57.7 Å². The molecular formula is C62H72Ag4F24N16O2P4. The predicted octanol–water partition coefficient (Wildman–Crippen LogP) is 20.4. The molecule has 0 spiro atoms. The van der Waals surface area contributed by atoms with E-state index in [4.69, 9.17) is 30.0 Å². The fourth-order valence-corrected chi connectivity index (χ4v) is 7.46. The van der Waals surface area contributed by atoms with Crippen LogP contribution in [0.1, 0.15) is 87.1 Å². The van der Waals surface area contributed by atoms with Crippen LogP contribution in [0.4, 0.5) is 101 Å². The van der Waals surface area contributed by atoms with Gasteiger partial charge in [-0.15, -0.1) is 0 Å². The first-order chi connectivity index (χ1) is 49.1. The summed E-state index contributed by atoms with van der Waals surface area (Å²) in [6, 6.07) is 39.5. The summed E-state index contributed by atoms with van der Waals surface area (Å²) in [7, 11) is -42.6. The molecule has 112 heavy (non-hydrogen) atoms. The van der Waals surface area contributed by atoms with Crippen LogP contribution in [0, 0.1) is 48.0 Å². The standard InChI is InChI=1S/2C25H23N7.2C4H10O.2C2H3N.4Ag.4F6P/c2*1-3-10-26-22(6-1)16-29-12-14-31(20-29)18-24-8-5-9-25(28-24)19-32-15-13-30(21-32)17-23-7-2-4-11-27-23;2*1-3-5-4-2;2*1-2-3;;;;;4*1-7(2,3,4,5)6/h2*1-15H,16-19H2;2*3-4H2,1-2H3;2*1H3;;;;;;;;/q;;;;;;4*+1;4*-1. The van der Waals surface area contributed by atoms with E-state index in [1.165, 1.54) is 13.8 Å². The number of nitriles is 2. The Morgan fingerprint density at radius 1 is 0.312 bits per heavy atom. The van der Waals surface area contributed by atoms with Crippen molar-refractivity contribution in [3.63, 3.8) is 0 Å². The number of hydrogen-bond donors (Lipinski definition) is 0. The molecule has 0 saturated heterocycles. The smallest absolute Gasteiger partial charge is 0.346 e. The van der Waals surface area contributed by atoms with E-state index in [2.05, 4.69) is 57.4 Å². The predicted molar refractivity (Wildman–Crippen MR) is 353 cm³/mol. The number of halogens is 24. The molecule has 0 fully saturated rings. The van der Waals surface area contributed by atoms with Crippen molar-refractivity contribution in [2.45, 2.75) is 93.9 Å². The summed E-state index contributed by atoms with van der Waals surface area (Å²) in [5, 5.41) is 14.6. The Balaban J connectivity index is -0.000000670. The number of imidazole rings is 4. The molecule has 0 N–H and O–H groups in total. The Labute approximate surface area is 689 Å². The second kappa shape index (κ2) is 45.2. The third kappa shape index (κ3) is 78.9.